The lowest BCUT2D eigenvalue weighted by Gasteiger charge is -2.06. The van der Waals surface area contributed by atoms with Gasteiger partial charge in [-0.3, -0.25) is 4.79 Å². The van der Waals surface area contributed by atoms with E-state index in [1.807, 2.05) is 85.1 Å². The van der Waals surface area contributed by atoms with E-state index in [-0.39, 0.29) is 13.2 Å². The van der Waals surface area contributed by atoms with Crippen molar-refractivity contribution in [2.45, 2.75) is 13.2 Å². The number of alkyl carbamates (subject to hydrolysis) is 1. The molecule has 1 heterocycles. The van der Waals surface area contributed by atoms with E-state index in [1.54, 1.807) is 6.21 Å². The molecule has 1 aromatic heterocycles. The van der Waals surface area contributed by atoms with Gasteiger partial charge in [-0.2, -0.15) is 5.10 Å². The van der Waals surface area contributed by atoms with Crippen LogP contribution in [0.25, 0.3) is 10.9 Å². The van der Waals surface area contributed by atoms with E-state index >= 15 is 0 Å². The second kappa shape index (κ2) is 11.2. The zero-order chi connectivity index (χ0) is 23.8. The molecule has 0 spiro atoms. The van der Waals surface area contributed by atoms with E-state index in [1.165, 1.54) is 0 Å². The number of para-hydroxylation sites is 1. The highest BCUT2D eigenvalue weighted by Gasteiger charge is 2.09. The summed E-state index contributed by atoms with van der Waals surface area (Å²) in [6.45, 7) is 0.558. The number of ether oxygens (including phenoxy) is 1. The Hall–Kier alpha value is -4.10. The van der Waals surface area contributed by atoms with E-state index in [2.05, 4.69) is 20.4 Å². The summed E-state index contributed by atoms with van der Waals surface area (Å²) in [6.07, 6.45) is 2.90. The van der Waals surface area contributed by atoms with Gasteiger partial charge < -0.3 is 14.6 Å². The lowest BCUT2D eigenvalue weighted by atomic mass is 10.2. The molecule has 0 unspecified atom stereocenters. The van der Waals surface area contributed by atoms with E-state index < -0.39 is 12.0 Å². The van der Waals surface area contributed by atoms with Gasteiger partial charge in [-0.1, -0.05) is 72.3 Å². The van der Waals surface area contributed by atoms with Gasteiger partial charge in [0.1, 0.15) is 13.2 Å². The summed E-state index contributed by atoms with van der Waals surface area (Å²) < 4.78 is 7.20. The average Bonchev–Trinajstić information content (AvgIpc) is 3.21. The SMILES string of the molecule is O=C(CNC(=O)OCc1ccccc1)N/N=C\c1cn(Cc2ccc(Cl)cc2)c2ccccc12. The van der Waals surface area contributed by atoms with E-state index in [0.29, 0.717) is 11.6 Å². The second-order valence-corrected chi connectivity index (χ2v) is 8.00. The van der Waals surface area contributed by atoms with E-state index in [9.17, 15) is 9.59 Å². The van der Waals surface area contributed by atoms with Crippen molar-refractivity contribution in [1.82, 2.24) is 15.3 Å². The molecule has 4 aromatic rings. The highest BCUT2D eigenvalue weighted by Crippen LogP contribution is 2.21. The number of hydrogen-bond donors (Lipinski definition) is 2. The van der Waals surface area contributed by atoms with Gasteiger partial charge >= 0.3 is 6.09 Å². The van der Waals surface area contributed by atoms with Crippen molar-refractivity contribution in [2.24, 2.45) is 5.10 Å². The summed E-state index contributed by atoms with van der Waals surface area (Å²) in [6, 6.07) is 25.0. The van der Waals surface area contributed by atoms with Crippen molar-refractivity contribution in [1.29, 1.82) is 0 Å². The molecular formula is C26H23ClN4O3. The highest BCUT2D eigenvalue weighted by atomic mass is 35.5. The van der Waals surface area contributed by atoms with Crippen LogP contribution in [-0.2, 0) is 22.7 Å². The highest BCUT2D eigenvalue weighted by molar-refractivity contribution is 6.30. The van der Waals surface area contributed by atoms with Crippen molar-refractivity contribution in [3.05, 3.63) is 107 Å². The fourth-order valence-electron chi connectivity index (χ4n) is 3.44. The van der Waals surface area contributed by atoms with Gasteiger partial charge in [-0.25, -0.2) is 10.2 Å². The van der Waals surface area contributed by atoms with Crippen molar-refractivity contribution in [3.63, 3.8) is 0 Å². The molecule has 7 nitrogen and oxygen atoms in total. The van der Waals surface area contributed by atoms with Gasteiger partial charge in [0.25, 0.3) is 5.91 Å². The van der Waals surface area contributed by atoms with Crippen LogP contribution in [0.2, 0.25) is 5.02 Å². The Bertz CT molecular complexity index is 1300. The fraction of sp³-hybridized carbons (Fsp3) is 0.115. The Morgan fingerprint density at radius 3 is 2.47 bits per heavy atom. The molecule has 4 rings (SSSR count). The predicted molar refractivity (Wildman–Crippen MR) is 133 cm³/mol. The number of fused-ring (bicyclic) bond motifs is 1. The maximum Gasteiger partial charge on any atom is 0.407 e. The van der Waals surface area contributed by atoms with Crippen LogP contribution in [0.15, 0.2) is 90.2 Å². The van der Waals surface area contributed by atoms with E-state index in [0.717, 1.165) is 27.6 Å². The smallest absolute Gasteiger partial charge is 0.407 e. The molecule has 3 aromatic carbocycles. The molecular weight excluding hydrogens is 452 g/mol. The van der Waals surface area contributed by atoms with Crippen LogP contribution in [0, 0.1) is 0 Å². The minimum Gasteiger partial charge on any atom is -0.445 e. The molecule has 2 amide bonds. The molecule has 0 saturated heterocycles. The third-order valence-electron chi connectivity index (χ3n) is 5.08. The third kappa shape index (κ3) is 6.24. The van der Waals surface area contributed by atoms with Gasteiger partial charge in [0, 0.05) is 34.2 Å². The van der Waals surface area contributed by atoms with Crippen molar-refractivity contribution < 1.29 is 14.3 Å². The molecule has 0 radical (unpaired) electrons. The average molecular weight is 475 g/mol. The lowest BCUT2D eigenvalue weighted by Crippen LogP contribution is -2.35. The standard InChI is InChI=1S/C26H23ClN4O3/c27-22-12-10-19(11-13-22)16-31-17-21(23-8-4-5-9-24(23)31)14-29-30-25(32)15-28-26(33)34-18-20-6-2-1-3-7-20/h1-14,17H,15-16,18H2,(H,28,33)(H,30,32)/b29-14-. The zero-order valence-electron chi connectivity index (χ0n) is 18.3. The molecule has 0 aliphatic heterocycles. The fourth-order valence-corrected chi connectivity index (χ4v) is 3.56. The number of hydrogen-bond acceptors (Lipinski definition) is 4. The maximum atomic E-state index is 12.0. The molecule has 2 N–H and O–H groups in total. The molecule has 34 heavy (non-hydrogen) atoms. The number of amides is 2. The Balaban J connectivity index is 1.32. The van der Waals surface area contributed by atoms with Crippen molar-refractivity contribution in [2.75, 3.05) is 6.54 Å². The van der Waals surface area contributed by atoms with Gasteiger partial charge in [0.05, 0.1) is 6.21 Å². The number of aromatic nitrogens is 1. The van der Waals surface area contributed by atoms with Gasteiger partial charge in [0.2, 0.25) is 0 Å². The Kier molecular flexibility index (Phi) is 7.57. The first-order valence-electron chi connectivity index (χ1n) is 10.7. The second-order valence-electron chi connectivity index (χ2n) is 7.56. The molecule has 0 saturated carbocycles. The first kappa shape index (κ1) is 23.1. The molecule has 0 atom stereocenters. The number of carbonyl (C=O) groups is 2. The van der Waals surface area contributed by atoms with Gasteiger partial charge in [-0.05, 0) is 29.3 Å². The number of halogens is 1. The molecule has 0 aliphatic rings. The Morgan fingerprint density at radius 1 is 0.941 bits per heavy atom. The summed E-state index contributed by atoms with van der Waals surface area (Å²) in [7, 11) is 0. The zero-order valence-corrected chi connectivity index (χ0v) is 19.0. The summed E-state index contributed by atoms with van der Waals surface area (Å²) >= 11 is 5.99. The van der Waals surface area contributed by atoms with Crippen LogP contribution in [-0.4, -0.2) is 29.3 Å². The van der Waals surface area contributed by atoms with Crippen LogP contribution < -0.4 is 10.7 Å². The molecule has 0 bridgehead atoms. The quantitative estimate of drug-likeness (QED) is 0.286. The van der Waals surface area contributed by atoms with Crippen LogP contribution in [0.3, 0.4) is 0 Å². The van der Waals surface area contributed by atoms with Crippen molar-refractivity contribution >= 4 is 40.7 Å². The maximum absolute atomic E-state index is 12.0. The van der Waals surface area contributed by atoms with Gasteiger partial charge in [-0.15, -0.1) is 0 Å². The molecule has 0 fully saturated rings. The summed E-state index contributed by atoms with van der Waals surface area (Å²) in [5.74, 6) is -0.460. The van der Waals surface area contributed by atoms with Crippen LogP contribution in [0.5, 0.6) is 0 Å². The number of hydrazone groups is 1. The predicted octanol–water partition coefficient (Wildman–Crippen LogP) is 4.72. The normalized spacial score (nSPS) is 11.0. The minimum atomic E-state index is -0.673. The number of carbonyl (C=O) groups excluding carboxylic acids is 2. The largest absolute Gasteiger partial charge is 0.445 e. The Morgan fingerprint density at radius 2 is 1.68 bits per heavy atom. The monoisotopic (exact) mass is 474 g/mol. The third-order valence-corrected chi connectivity index (χ3v) is 5.34. The van der Waals surface area contributed by atoms with Crippen molar-refractivity contribution in [3.8, 4) is 0 Å². The number of nitrogens with one attached hydrogen (secondary N) is 2. The number of nitrogens with zero attached hydrogens (tertiary/aromatic N) is 2. The first-order chi connectivity index (χ1) is 16.6. The first-order valence-corrected chi connectivity index (χ1v) is 11.0. The Labute approximate surface area is 202 Å². The lowest BCUT2D eigenvalue weighted by molar-refractivity contribution is -0.120. The summed E-state index contributed by atoms with van der Waals surface area (Å²) in [5, 5.41) is 8.16. The van der Waals surface area contributed by atoms with Gasteiger partial charge in [0.15, 0.2) is 0 Å². The van der Waals surface area contributed by atoms with Crippen LogP contribution in [0.1, 0.15) is 16.7 Å². The minimum absolute atomic E-state index is 0.131. The number of benzene rings is 3. The topological polar surface area (TPSA) is 84.7 Å². The molecule has 0 aliphatic carbocycles. The molecule has 172 valence electrons. The van der Waals surface area contributed by atoms with Crippen LogP contribution >= 0.6 is 11.6 Å². The summed E-state index contributed by atoms with van der Waals surface area (Å²) in [4.78, 5) is 23.8. The summed E-state index contributed by atoms with van der Waals surface area (Å²) in [5.41, 5.74) is 6.32. The number of rotatable bonds is 8. The van der Waals surface area contributed by atoms with E-state index in [4.69, 9.17) is 16.3 Å². The van der Waals surface area contributed by atoms with Crippen LogP contribution in [0.4, 0.5) is 4.79 Å². The molecule has 8 heteroatoms.